The molecule has 0 aromatic heterocycles. The van der Waals surface area contributed by atoms with E-state index in [0.717, 1.165) is 18.4 Å². The maximum absolute atomic E-state index is 11.9. The molecule has 0 saturated heterocycles. The van der Waals surface area contributed by atoms with E-state index in [9.17, 15) is 4.79 Å². The Kier molecular flexibility index (Phi) is 4.62. The zero-order chi connectivity index (χ0) is 12.8. The summed E-state index contributed by atoms with van der Waals surface area (Å²) >= 11 is 0. The number of benzene rings is 1. The van der Waals surface area contributed by atoms with Gasteiger partial charge in [-0.15, -0.1) is 0 Å². The number of urea groups is 1. The van der Waals surface area contributed by atoms with Crippen molar-refractivity contribution in [2.75, 3.05) is 0 Å². The van der Waals surface area contributed by atoms with Crippen molar-refractivity contribution < 1.29 is 4.79 Å². The third-order valence-corrected chi connectivity index (χ3v) is 3.59. The molecule has 0 unspecified atom stereocenters. The number of hydrogen-bond donors (Lipinski definition) is 2. The average Bonchev–Trinajstić information content (AvgIpc) is 2.40. The molecule has 0 spiro atoms. The highest BCUT2D eigenvalue weighted by Gasteiger charge is 2.16. The first kappa shape index (κ1) is 12.9. The lowest BCUT2D eigenvalue weighted by Gasteiger charge is -2.24. The highest BCUT2D eigenvalue weighted by molar-refractivity contribution is 5.74. The number of nitrogens with one attached hydrogen (secondary N) is 2. The molecule has 1 fully saturated rings. The lowest BCUT2D eigenvalue weighted by atomic mass is 9.96. The summed E-state index contributed by atoms with van der Waals surface area (Å²) in [5, 5.41) is 6.06. The van der Waals surface area contributed by atoms with Crippen LogP contribution in [-0.4, -0.2) is 12.1 Å². The molecule has 1 saturated carbocycles. The Balaban J connectivity index is 1.80. The second kappa shape index (κ2) is 6.43. The van der Waals surface area contributed by atoms with Crippen molar-refractivity contribution in [3.8, 4) is 0 Å². The second-order valence-electron chi connectivity index (χ2n) is 5.09. The minimum atomic E-state index is -0.0433. The minimum Gasteiger partial charge on any atom is -0.335 e. The van der Waals surface area contributed by atoms with E-state index in [2.05, 4.69) is 10.6 Å². The van der Waals surface area contributed by atoms with E-state index in [1.165, 1.54) is 19.3 Å². The lowest BCUT2D eigenvalue weighted by Crippen LogP contribution is -2.43. The monoisotopic (exact) mass is 246 g/mol. The van der Waals surface area contributed by atoms with Crippen LogP contribution in [0.2, 0.25) is 0 Å². The van der Waals surface area contributed by atoms with Crippen LogP contribution in [0.3, 0.4) is 0 Å². The van der Waals surface area contributed by atoms with E-state index < -0.39 is 0 Å². The van der Waals surface area contributed by atoms with Crippen LogP contribution in [0, 0.1) is 0 Å². The van der Waals surface area contributed by atoms with Gasteiger partial charge < -0.3 is 10.6 Å². The van der Waals surface area contributed by atoms with Crippen molar-refractivity contribution in [3.05, 3.63) is 35.9 Å². The molecule has 2 amide bonds. The SMILES string of the molecule is C[C@H](NC(=O)NC1CCCCC1)c1ccccc1. The molecule has 1 aliphatic rings. The molecule has 2 rings (SSSR count). The van der Waals surface area contributed by atoms with Gasteiger partial charge in [0.25, 0.3) is 0 Å². The van der Waals surface area contributed by atoms with Crippen LogP contribution in [0.1, 0.15) is 50.6 Å². The maximum Gasteiger partial charge on any atom is 0.315 e. The summed E-state index contributed by atoms with van der Waals surface area (Å²) in [6, 6.07) is 10.4. The summed E-state index contributed by atoms with van der Waals surface area (Å²) in [7, 11) is 0. The molecule has 3 nitrogen and oxygen atoms in total. The topological polar surface area (TPSA) is 41.1 Å². The summed E-state index contributed by atoms with van der Waals surface area (Å²) < 4.78 is 0. The predicted molar refractivity (Wildman–Crippen MR) is 73.4 cm³/mol. The molecule has 0 heterocycles. The van der Waals surface area contributed by atoms with Gasteiger partial charge in [0, 0.05) is 6.04 Å². The summed E-state index contributed by atoms with van der Waals surface area (Å²) in [5.74, 6) is 0. The standard InChI is InChI=1S/C15H22N2O/c1-12(13-8-4-2-5-9-13)16-15(18)17-14-10-6-3-7-11-14/h2,4-5,8-9,12,14H,3,6-7,10-11H2,1H3,(H2,16,17,18)/t12-/m0/s1. The molecule has 0 radical (unpaired) electrons. The van der Waals surface area contributed by atoms with Gasteiger partial charge in [0.05, 0.1) is 6.04 Å². The van der Waals surface area contributed by atoms with Crippen molar-refractivity contribution in [3.63, 3.8) is 0 Å². The Morgan fingerprint density at radius 2 is 1.83 bits per heavy atom. The van der Waals surface area contributed by atoms with Crippen LogP contribution in [0.5, 0.6) is 0 Å². The number of carbonyl (C=O) groups is 1. The van der Waals surface area contributed by atoms with Gasteiger partial charge in [-0.25, -0.2) is 4.79 Å². The molecule has 3 heteroatoms. The van der Waals surface area contributed by atoms with Crippen LogP contribution >= 0.6 is 0 Å². The van der Waals surface area contributed by atoms with Gasteiger partial charge in [-0.2, -0.15) is 0 Å². The van der Waals surface area contributed by atoms with Crippen molar-refractivity contribution in [1.29, 1.82) is 0 Å². The molecule has 1 atom stereocenters. The molecule has 1 aromatic carbocycles. The smallest absolute Gasteiger partial charge is 0.315 e. The molecule has 18 heavy (non-hydrogen) atoms. The second-order valence-corrected chi connectivity index (χ2v) is 5.09. The van der Waals surface area contributed by atoms with Crippen LogP contribution in [0.15, 0.2) is 30.3 Å². The Morgan fingerprint density at radius 3 is 2.50 bits per heavy atom. The first-order valence-electron chi connectivity index (χ1n) is 6.87. The highest BCUT2D eigenvalue weighted by atomic mass is 16.2. The van der Waals surface area contributed by atoms with Crippen molar-refractivity contribution in [2.45, 2.75) is 51.1 Å². The zero-order valence-electron chi connectivity index (χ0n) is 11.0. The van der Waals surface area contributed by atoms with Crippen LogP contribution < -0.4 is 10.6 Å². The fourth-order valence-corrected chi connectivity index (χ4v) is 2.50. The van der Waals surface area contributed by atoms with E-state index in [0.29, 0.717) is 6.04 Å². The van der Waals surface area contributed by atoms with E-state index in [-0.39, 0.29) is 12.1 Å². The summed E-state index contributed by atoms with van der Waals surface area (Å²) in [4.78, 5) is 11.9. The molecule has 1 aliphatic carbocycles. The maximum atomic E-state index is 11.9. The van der Waals surface area contributed by atoms with Gasteiger partial charge in [0.2, 0.25) is 0 Å². The van der Waals surface area contributed by atoms with Gasteiger partial charge in [-0.1, -0.05) is 49.6 Å². The molecular formula is C15H22N2O. The third-order valence-electron chi connectivity index (χ3n) is 3.59. The molecular weight excluding hydrogens is 224 g/mol. The van der Waals surface area contributed by atoms with Crippen molar-refractivity contribution in [1.82, 2.24) is 10.6 Å². The summed E-state index contributed by atoms with van der Waals surface area (Å²) in [6.07, 6.45) is 6.01. The average molecular weight is 246 g/mol. The highest BCUT2D eigenvalue weighted by Crippen LogP contribution is 2.17. The number of amides is 2. The molecule has 1 aromatic rings. The fraction of sp³-hybridized carbons (Fsp3) is 0.533. The quantitative estimate of drug-likeness (QED) is 0.843. The van der Waals surface area contributed by atoms with E-state index in [4.69, 9.17) is 0 Å². The van der Waals surface area contributed by atoms with Crippen LogP contribution in [-0.2, 0) is 0 Å². The van der Waals surface area contributed by atoms with E-state index >= 15 is 0 Å². The first-order chi connectivity index (χ1) is 8.75. The van der Waals surface area contributed by atoms with Gasteiger partial charge in [-0.3, -0.25) is 0 Å². The summed E-state index contributed by atoms with van der Waals surface area (Å²) in [5.41, 5.74) is 1.14. The fourth-order valence-electron chi connectivity index (χ4n) is 2.50. The van der Waals surface area contributed by atoms with Gasteiger partial charge in [0.15, 0.2) is 0 Å². The largest absolute Gasteiger partial charge is 0.335 e. The van der Waals surface area contributed by atoms with E-state index in [1.807, 2.05) is 37.3 Å². The lowest BCUT2D eigenvalue weighted by molar-refractivity contribution is 0.229. The molecule has 0 aliphatic heterocycles. The molecule has 98 valence electrons. The van der Waals surface area contributed by atoms with Gasteiger partial charge in [-0.05, 0) is 25.3 Å². The van der Waals surface area contributed by atoms with Gasteiger partial charge in [0.1, 0.15) is 0 Å². The van der Waals surface area contributed by atoms with Gasteiger partial charge >= 0.3 is 6.03 Å². The van der Waals surface area contributed by atoms with Crippen molar-refractivity contribution >= 4 is 6.03 Å². The zero-order valence-corrected chi connectivity index (χ0v) is 11.0. The van der Waals surface area contributed by atoms with E-state index in [1.54, 1.807) is 0 Å². The molecule has 0 bridgehead atoms. The van der Waals surface area contributed by atoms with Crippen LogP contribution in [0.25, 0.3) is 0 Å². The van der Waals surface area contributed by atoms with Crippen LogP contribution in [0.4, 0.5) is 4.79 Å². The Hall–Kier alpha value is -1.51. The Labute approximate surface area is 109 Å². The molecule has 2 N–H and O–H groups in total. The van der Waals surface area contributed by atoms with Crippen molar-refractivity contribution in [2.24, 2.45) is 0 Å². The first-order valence-corrected chi connectivity index (χ1v) is 6.87. The minimum absolute atomic E-state index is 0.0433. The third kappa shape index (κ3) is 3.76. The number of hydrogen-bond acceptors (Lipinski definition) is 1. The Morgan fingerprint density at radius 1 is 1.17 bits per heavy atom. The number of rotatable bonds is 3. The number of carbonyl (C=O) groups excluding carboxylic acids is 1. The Bertz CT molecular complexity index is 371. The predicted octanol–water partition coefficient (Wildman–Crippen LogP) is 3.38. The normalized spacial score (nSPS) is 18.1. The summed E-state index contributed by atoms with van der Waals surface area (Å²) in [6.45, 7) is 2.01.